The zero-order valence-electron chi connectivity index (χ0n) is 17.0. The standard InChI is InChI=1S/C23H24N6O/c1-15-4-2-3-5-17(15)20-21(29-12-13-30-23(29)27-20)18-6-9-24-22(25-18)26-19-14-28-10-7-16(19)8-11-28/h2-6,9,12-13,16,19H,7-8,10-11,14H2,1H3,(H,24,25,26)/t19-/m0/s1. The van der Waals surface area contributed by atoms with Gasteiger partial charge >= 0.3 is 5.84 Å². The fourth-order valence-electron chi connectivity index (χ4n) is 4.91. The Morgan fingerprint density at radius 3 is 2.77 bits per heavy atom. The number of imidazole rings is 1. The maximum absolute atomic E-state index is 5.59. The maximum atomic E-state index is 5.59. The smallest absolute Gasteiger partial charge is 0.306 e. The van der Waals surface area contributed by atoms with Gasteiger partial charge in [-0.1, -0.05) is 24.3 Å². The van der Waals surface area contributed by atoms with Gasteiger partial charge < -0.3 is 14.6 Å². The molecule has 1 aromatic carbocycles. The van der Waals surface area contributed by atoms with Gasteiger partial charge in [-0.2, -0.15) is 4.98 Å². The number of anilines is 1. The topological polar surface area (TPSA) is 71.5 Å². The predicted molar refractivity (Wildman–Crippen MR) is 115 cm³/mol. The molecule has 3 aromatic heterocycles. The molecule has 3 aliphatic heterocycles. The molecule has 152 valence electrons. The second-order valence-electron chi connectivity index (χ2n) is 8.33. The summed E-state index contributed by atoms with van der Waals surface area (Å²) in [5.74, 6) is 1.95. The molecule has 2 bridgehead atoms. The van der Waals surface area contributed by atoms with E-state index < -0.39 is 0 Å². The Balaban J connectivity index is 1.41. The van der Waals surface area contributed by atoms with Gasteiger partial charge in [-0.25, -0.2) is 9.97 Å². The van der Waals surface area contributed by atoms with Crippen molar-refractivity contribution in [3.63, 3.8) is 0 Å². The van der Waals surface area contributed by atoms with E-state index >= 15 is 0 Å². The summed E-state index contributed by atoms with van der Waals surface area (Å²) in [6.07, 6.45) is 7.89. The normalized spacial score (nSPS) is 23.2. The van der Waals surface area contributed by atoms with Crippen LogP contribution in [0.5, 0.6) is 0 Å². The molecule has 1 N–H and O–H groups in total. The highest BCUT2D eigenvalue weighted by Gasteiger charge is 2.34. The van der Waals surface area contributed by atoms with Crippen LogP contribution < -0.4 is 5.32 Å². The molecule has 7 nitrogen and oxygen atoms in total. The third-order valence-corrected chi connectivity index (χ3v) is 6.53. The number of benzene rings is 1. The van der Waals surface area contributed by atoms with E-state index in [2.05, 4.69) is 34.3 Å². The number of oxazole rings is 1. The number of nitrogens with one attached hydrogen (secondary N) is 1. The number of hydrogen-bond acceptors (Lipinski definition) is 6. The van der Waals surface area contributed by atoms with Crippen molar-refractivity contribution in [3.8, 4) is 22.6 Å². The monoisotopic (exact) mass is 400 g/mol. The minimum Gasteiger partial charge on any atom is -0.432 e. The summed E-state index contributed by atoms with van der Waals surface area (Å²) in [6, 6.07) is 10.6. The minimum absolute atomic E-state index is 0.415. The van der Waals surface area contributed by atoms with Crippen LogP contribution in [0.25, 0.3) is 28.5 Å². The number of nitrogens with zero attached hydrogens (tertiary/aromatic N) is 5. The quantitative estimate of drug-likeness (QED) is 0.561. The molecule has 6 heterocycles. The number of aryl methyl sites for hydroxylation is 1. The average molecular weight is 400 g/mol. The Hall–Kier alpha value is -3.19. The van der Waals surface area contributed by atoms with Crippen molar-refractivity contribution < 1.29 is 4.42 Å². The highest BCUT2D eigenvalue weighted by molar-refractivity contribution is 5.81. The van der Waals surface area contributed by atoms with Crippen LogP contribution in [0.4, 0.5) is 5.95 Å². The Labute approximate surface area is 174 Å². The van der Waals surface area contributed by atoms with Gasteiger partial charge in [0.05, 0.1) is 5.69 Å². The third-order valence-electron chi connectivity index (χ3n) is 6.53. The lowest BCUT2D eigenvalue weighted by Gasteiger charge is -2.44. The summed E-state index contributed by atoms with van der Waals surface area (Å²) in [5, 5.41) is 3.61. The first-order valence-corrected chi connectivity index (χ1v) is 10.6. The number of fused-ring (bicyclic) bond motifs is 4. The van der Waals surface area contributed by atoms with Crippen LogP contribution in [-0.4, -0.2) is 49.9 Å². The molecule has 3 aliphatic rings. The third kappa shape index (κ3) is 2.89. The summed E-state index contributed by atoms with van der Waals surface area (Å²) >= 11 is 0. The average Bonchev–Trinajstić information content (AvgIpc) is 3.36. The van der Waals surface area contributed by atoms with E-state index in [1.54, 1.807) is 6.26 Å². The van der Waals surface area contributed by atoms with Crippen molar-refractivity contribution >= 4 is 11.8 Å². The highest BCUT2D eigenvalue weighted by atomic mass is 16.3. The molecule has 4 aromatic rings. The molecule has 7 rings (SSSR count). The van der Waals surface area contributed by atoms with Gasteiger partial charge in [-0.05, 0) is 50.4 Å². The summed E-state index contributed by atoms with van der Waals surface area (Å²) in [6.45, 7) is 5.61. The van der Waals surface area contributed by atoms with Crippen LogP contribution >= 0.6 is 0 Å². The highest BCUT2D eigenvalue weighted by Crippen LogP contribution is 2.34. The Morgan fingerprint density at radius 1 is 1.10 bits per heavy atom. The summed E-state index contributed by atoms with van der Waals surface area (Å²) in [5.41, 5.74) is 4.88. The zero-order valence-corrected chi connectivity index (χ0v) is 17.0. The van der Waals surface area contributed by atoms with Crippen molar-refractivity contribution in [2.75, 3.05) is 25.0 Å². The van der Waals surface area contributed by atoms with E-state index in [1.807, 2.05) is 35.0 Å². The molecule has 3 saturated heterocycles. The molecule has 3 fully saturated rings. The molecule has 0 saturated carbocycles. The van der Waals surface area contributed by atoms with Gasteiger partial charge in [0.15, 0.2) is 0 Å². The number of hydrogen-bond donors (Lipinski definition) is 1. The van der Waals surface area contributed by atoms with E-state index in [0.29, 0.717) is 23.8 Å². The summed E-state index contributed by atoms with van der Waals surface area (Å²) in [4.78, 5) is 16.7. The Bertz CT molecular complexity index is 1200. The van der Waals surface area contributed by atoms with Gasteiger partial charge in [0, 0.05) is 30.5 Å². The van der Waals surface area contributed by atoms with Crippen LogP contribution in [0.1, 0.15) is 18.4 Å². The van der Waals surface area contributed by atoms with E-state index in [0.717, 1.165) is 29.2 Å². The van der Waals surface area contributed by atoms with Gasteiger partial charge in [-0.15, -0.1) is 0 Å². The van der Waals surface area contributed by atoms with Crippen LogP contribution in [0.3, 0.4) is 0 Å². The van der Waals surface area contributed by atoms with Crippen molar-refractivity contribution in [2.24, 2.45) is 5.92 Å². The minimum atomic E-state index is 0.415. The molecule has 0 amide bonds. The first kappa shape index (κ1) is 17.7. The van der Waals surface area contributed by atoms with Crippen molar-refractivity contribution in [1.29, 1.82) is 0 Å². The fraction of sp³-hybridized carbons (Fsp3) is 0.348. The molecular formula is C23H24N6O. The molecule has 0 unspecified atom stereocenters. The van der Waals surface area contributed by atoms with E-state index in [4.69, 9.17) is 14.4 Å². The fourth-order valence-corrected chi connectivity index (χ4v) is 4.91. The molecule has 0 aliphatic carbocycles. The predicted octanol–water partition coefficient (Wildman–Crippen LogP) is 3.87. The maximum Gasteiger partial charge on any atom is 0.306 e. The van der Waals surface area contributed by atoms with Crippen LogP contribution in [0.2, 0.25) is 0 Å². The molecule has 0 radical (unpaired) electrons. The Morgan fingerprint density at radius 2 is 1.97 bits per heavy atom. The second kappa shape index (κ2) is 6.95. The molecular weight excluding hydrogens is 376 g/mol. The number of aromatic nitrogens is 4. The lowest BCUT2D eigenvalue weighted by Crippen LogP contribution is -2.53. The number of piperidine rings is 3. The molecule has 0 spiro atoms. The lowest BCUT2D eigenvalue weighted by atomic mass is 9.84. The largest absolute Gasteiger partial charge is 0.432 e. The van der Waals surface area contributed by atoms with Gasteiger partial charge in [0.2, 0.25) is 5.95 Å². The SMILES string of the molecule is Cc1ccccc1-c1nc2occn2c1-c1ccnc(N[C@H]2CN3CCC2CC3)n1. The van der Waals surface area contributed by atoms with Crippen molar-refractivity contribution in [1.82, 2.24) is 24.3 Å². The molecule has 30 heavy (non-hydrogen) atoms. The van der Waals surface area contributed by atoms with E-state index in [-0.39, 0.29) is 0 Å². The van der Waals surface area contributed by atoms with Crippen molar-refractivity contribution in [2.45, 2.75) is 25.8 Å². The van der Waals surface area contributed by atoms with Crippen LogP contribution in [0.15, 0.2) is 53.4 Å². The first-order valence-electron chi connectivity index (χ1n) is 10.6. The summed E-state index contributed by atoms with van der Waals surface area (Å²) in [7, 11) is 0. The molecule has 7 heteroatoms. The van der Waals surface area contributed by atoms with E-state index in [9.17, 15) is 0 Å². The van der Waals surface area contributed by atoms with Gasteiger partial charge in [0.1, 0.15) is 17.7 Å². The lowest BCUT2D eigenvalue weighted by molar-refractivity contribution is 0.0972. The van der Waals surface area contributed by atoms with Crippen LogP contribution in [0, 0.1) is 12.8 Å². The van der Waals surface area contributed by atoms with Gasteiger partial charge in [0.25, 0.3) is 0 Å². The Kier molecular flexibility index (Phi) is 4.09. The van der Waals surface area contributed by atoms with Crippen molar-refractivity contribution in [3.05, 3.63) is 54.6 Å². The second-order valence-corrected chi connectivity index (χ2v) is 8.33. The zero-order chi connectivity index (χ0) is 20.1. The molecule has 1 atom stereocenters. The first-order chi connectivity index (χ1) is 14.8. The van der Waals surface area contributed by atoms with Gasteiger partial charge in [-0.3, -0.25) is 4.40 Å². The van der Waals surface area contributed by atoms with E-state index in [1.165, 1.54) is 31.5 Å². The van der Waals surface area contributed by atoms with Crippen LogP contribution in [-0.2, 0) is 0 Å². The summed E-state index contributed by atoms with van der Waals surface area (Å²) < 4.78 is 7.56. The number of rotatable bonds is 4.